The van der Waals surface area contributed by atoms with Crippen LogP contribution in [0, 0.1) is 6.92 Å². The van der Waals surface area contributed by atoms with Crippen LogP contribution < -0.4 is 9.64 Å². The Morgan fingerprint density at radius 1 is 1.17 bits per heavy atom. The lowest BCUT2D eigenvalue weighted by molar-refractivity contribution is 0.211. The van der Waals surface area contributed by atoms with Crippen molar-refractivity contribution < 1.29 is 9.57 Å². The van der Waals surface area contributed by atoms with Gasteiger partial charge in [-0.2, -0.15) is 0 Å². The summed E-state index contributed by atoms with van der Waals surface area (Å²) in [5.74, 6) is 0.946. The Morgan fingerprint density at radius 3 is 2.50 bits per heavy atom. The molecule has 1 saturated heterocycles. The molecule has 0 spiro atoms. The van der Waals surface area contributed by atoms with Crippen LogP contribution in [0.5, 0.6) is 5.75 Å². The van der Waals surface area contributed by atoms with Crippen molar-refractivity contribution in [1.82, 2.24) is 0 Å². The average Bonchev–Trinajstić information content (AvgIpc) is 2.40. The fraction of sp³-hybridized carbons (Fsp3) is 0.500. The maximum absolute atomic E-state index is 5.46. The van der Waals surface area contributed by atoms with Crippen LogP contribution in [0.25, 0.3) is 0 Å². The predicted octanol–water partition coefficient (Wildman–Crippen LogP) is 2.61. The Balaban J connectivity index is 2.12. The quantitative estimate of drug-likeness (QED) is 0.771. The molecule has 1 heterocycles. The van der Waals surface area contributed by atoms with Crippen molar-refractivity contribution in [2.24, 2.45) is 5.16 Å². The molecule has 4 nitrogen and oxygen atoms in total. The topological polar surface area (TPSA) is 34.1 Å². The van der Waals surface area contributed by atoms with Gasteiger partial charge in [0.2, 0.25) is 0 Å². The highest BCUT2D eigenvalue weighted by molar-refractivity contribution is 5.86. The molecular formula is C14H20N2O2. The summed E-state index contributed by atoms with van der Waals surface area (Å²) in [7, 11) is 3.32. The summed E-state index contributed by atoms with van der Waals surface area (Å²) in [5, 5.41) is 4.03. The molecule has 1 aromatic carbocycles. The van der Waals surface area contributed by atoms with Gasteiger partial charge in [-0.15, -0.1) is 0 Å². The van der Waals surface area contributed by atoms with E-state index in [0.29, 0.717) is 0 Å². The van der Waals surface area contributed by atoms with E-state index in [0.717, 1.165) is 37.4 Å². The molecule has 2 rings (SSSR count). The second-order valence-corrected chi connectivity index (χ2v) is 4.50. The van der Waals surface area contributed by atoms with E-state index in [1.165, 1.54) is 11.3 Å². The third-order valence-corrected chi connectivity index (χ3v) is 3.24. The first-order chi connectivity index (χ1) is 8.74. The van der Waals surface area contributed by atoms with E-state index in [9.17, 15) is 0 Å². The zero-order valence-electron chi connectivity index (χ0n) is 11.3. The Bertz CT molecular complexity index is 433. The van der Waals surface area contributed by atoms with E-state index in [-0.39, 0.29) is 0 Å². The molecule has 0 bridgehead atoms. The number of hydrogen-bond acceptors (Lipinski definition) is 4. The molecule has 0 N–H and O–H groups in total. The van der Waals surface area contributed by atoms with Gasteiger partial charge in [-0.05, 0) is 24.6 Å². The number of benzene rings is 1. The van der Waals surface area contributed by atoms with Crippen LogP contribution in [-0.2, 0) is 4.84 Å². The van der Waals surface area contributed by atoms with Gasteiger partial charge in [-0.25, -0.2) is 0 Å². The van der Waals surface area contributed by atoms with E-state index in [2.05, 4.69) is 35.2 Å². The van der Waals surface area contributed by atoms with Crippen LogP contribution in [0.3, 0.4) is 0 Å². The molecule has 0 aromatic heterocycles. The van der Waals surface area contributed by atoms with E-state index < -0.39 is 0 Å². The number of nitrogens with zero attached hydrogens (tertiary/aromatic N) is 2. The number of piperidine rings is 1. The largest absolute Gasteiger partial charge is 0.495 e. The van der Waals surface area contributed by atoms with Gasteiger partial charge in [0.25, 0.3) is 0 Å². The van der Waals surface area contributed by atoms with Crippen LogP contribution in [0.2, 0.25) is 0 Å². The molecule has 0 saturated carbocycles. The minimum absolute atomic E-state index is 0.946. The number of anilines is 1. The van der Waals surface area contributed by atoms with Crippen molar-refractivity contribution in [3.8, 4) is 5.75 Å². The number of oxime groups is 1. The fourth-order valence-corrected chi connectivity index (χ4v) is 2.27. The minimum atomic E-state index is 0.946. The zero-order valence-corrected chi connectivity index (χ0v) is 11.3. The van der Waals surface area contributed by atoms with Gasteiger partial charge in [-0.3, -0.25) is 0 Å². The number of rotatable bonds is 3. The highest BCUT2D eigenvalue weighted by atomic mass is 16.6. The molecule has 1 fully saturated rings. The van der Waals surface area contributed by atoms with Crippen molar-refractivity contribution in [2.45, 2.75) is 19.8 Å². The number of methoxy groups -OCH3 is 1. The molecule has 0 unspecified atom stereocenters. The summed E-state index contributed by atoms with van der Waals surface area (Å²) in [6, 6.07) is 6.33. The van der Waals surface area contributed by atoms with Gasteiger partial charge >= 0.3 is 0 Å². The van der Waals surface area contributed by atoms with Crippen molar-refractivity contribution in [1.29, 1.82) is 0 Å². The van der Waals surface area contributed by atoms with Gasteiger partial charge in [0.05, 0.1) is 18.5 Å². The summed E-state index contributed by atoms with van der Waals surface area (Å²) in [5.41, 5.74) is 3.52. The van der Waals surface area contributed by atoms with Crippen LogP contribution in [0.15, 0.2) is 23.4 Å². The standard InChI is InChI=1S/C14H20N2O2/c1-11-4-5-13(14(10-11)17-2)16-8-6-12(7-9-16)15-18-3/h4-5,10H,6-9H2,1-3H3. The molecule has 4 heteroatoms. The molecule has 0 atom stereocenters. The molecule has 1 aliphatic heterocycles. The van der Waals surface area contributed by atoms with E-state index >= 15 is 0 Å². The minimum Gasteiger partial charge on any atom is -0.495 e. The van der Waals surface area contributed by atoms with E-state index in [4.69, 9.17) is 9.57 Å². The van der Waals surface area contributed by atoms with Crippen LogP contribution in [0.4, 0.5) is 5.69 Å². The molecule has 0 radical (unpaired) electrons. The normalized spacial score (nSPS) is 15.5. The molecule has 18 heavy (non-hydrogen) atoms. The van der Waals surface area contributed by atoms with Crippen LogP contribution >= 0.6 is 0 Å². The lowest BCUT2D eigenvalue weighted by atomic mass is 10.1. The predicted molar refractivity (Wildman–Crippen MR) is 73.6 cm³/mol. The summed E-state index contributed by atoms with van der Waals surface area (Å²) < 4.78 is 5.46. The summed E-state index contributed by atoms with van der Waals surface area (Å²) in [4.78, 5) is 7.17. The molecule has 98 valence electrons. The second kappa shape index (κ2) is 5.76. The summed E-state index contributed by atoms with van der Waals surface area (Å²) in [6.45, 7) is 4.00. The van der Waals surface area contributed by atoms with Gasteiger partial charge in [-0.1, -0.05) is 11.2 Å². The highest BCUT2D eigenvalue weighted by Gasteiger charge is 2.18. The van der Waals surface area contributed by atoms with Crippen LogP contribution in [0.1, 0.15) is 18.4 Å². The molecule has 1 aliphatic rings. The number of ether oxygens (including phenoxy) is 1. The van der Waals surface area contributed by atoms with Crippen molar-refractivity contribution in [3.05, 3.63) is 23.8 Å². The van der Waals surface area contributed by atoms with Gasteiger partial charge in [0.1, 0.15) is 12.9 Å². The number of hydrogen-bond donors (Lipinski definition) is 0. The second-order valence-electron chi connectivity index (χ2n) is 4.50. The highest BCUT2D eigenvalue weighted by Crippen LogP contribution is 2.30. The van der Waals surface area contributed by atoms with E-state index in [1.807, 2.05) is 0 Å². The fourth-order valence-electron chi connectivity index (χ4n) is 2.27. The Labute approximate surface area is 108 Å². The Morgan fingerprint density at radius 2 is 1.89 bits per heavy atom. The van der Waals surface area contributed by atoms with Crippen LogP contribution in [-0.4, -0.2) is 33.0 Å². The maximum Gasteiger partial charge on any atom is 0.142 e. The van der Waals surface area contributed by atoms with Crippen molar-refractivity contribution >= 4 is 11.4 Å². The lowest BCUT2D eigenvalue weighted by Crippen LogP contribution is -2.34. The molecule has 0 amide bonds. The van der Waals surface area contributed by atoms with Gasteiger partial charge < -0.3 is 14.5 Å². The third-order valence-electron chi connectivity index (χ3n) is 3.24. The summed E-state index contributed by atoms with van der Waals surface area (Å²) in [6.07, 6.45) is 1.90. The lowest BCUT2D eigenvalue weighted by Gasteiger charge is -2.30. The number of aryl methyl sites for hydroxylation is 1. The maximum atomic E-state index is 5.46. The monoisotopic (exact) mass is 248 g/mol. The molecule has 1 aromatic rings. The Kier molecular flexibility index (Phi) is 4.07. The zero-order chi connectivity index (χ0) is 13.0. The van der Waals surface area contributed by atoms with Gasteiger partial charge in [0, 0.05) is 25.9 Å². The average molecular weight is 248 g/mol. The first-order valence-corrected chi connectivity index (χ1v) is 6.23. The van der Waals surface area contributed by atoms with Crippen molar-refractivity contribution in [3.63, 3.8) is 0 Å². The SMILES string of the molecule is CON=C1CCN(c2ccc(C)cc2OC)CC1. The Hall–Kier alpha value is -1.71. The molecule has 0 aliphatic carbocycles. The van der Waals surface area contributed by atoms with Gasteiger partial charge in [0.15, 0.2) is 0 Å². The smallest absolute Gasteiger partial charge is 0.142 e. The summed E-state index contributed by atoms with van der Waals surface area (Å²) >= 11 is 0. The first kappa shape index (κ1) is 12.7. The first-order valence-electron chi connectivity index (χ1n) is 6.23. The van der Waals surface area contributed by atoms with Crippen molar-refractivity contribution in [2.75, 3.05) is 32.2 Å². The van der Waals surface area contributed by atoms with E-state index in [1.54, 1.807) is 14.2 Å². The molecular weight excluding hydrogens is 228 g/mol. The third kappa shape index (κ3) is 2.75.